The van der Waals surface area contributed by atoms with Gasteiger partial charge in [-0.3, -0.25) is 14.3 Å². The third-order valence-corrected chi connectivity index (χ3v) is 6.89. The summed E-state index contributed by atoms with van der Waals surface area (Å²) in [4.78, 5) is 25.8. The predicted octanol–water partition coefficient (Wildman–Crippen LogP) is 2.62. The lowest BCUT2D eigenvalue weighted by molar-refractivity contribution is -0.407. The van der Waals surface area contributed by atoms with E-state index in [1.165, 1.54) is 26.4 Å². The summed E-state index contributed by atoms with van der Waals surface area (Å²) in [5.74, 6) is -3.58. The van der Waals surface area contributed by atoms with Crippen LogP contribution in [0.2, 0.25) is 0 Å². The highest BCUT2D eigenvalue weighted by Gasteiger charge is 2.71. The fourth-order valence-corrected chi connectivity index (χ4v) is 5.58. The van der Waals surface area contributed by atoms with E-state index in [1.807, 2.05) is 0 Å². The molecular formula is C22H17ClO8. The van der Waals surface area contributed by atoms with Crippen LogP contribution in [0.5, 0.6) is 17.2 Å². The summed E-state index contributed by atoms with van der Waals surface area (Å²) in [5.41, 5.74) is 0.990. The fraction of sp³-hybridized carbons (Fsp3) is 0.364. The van der Waals surface area contributed by atoms with Crippen molar-refractivity contribution in [3.05, 3.63) is 52.6 Å². The summed E-state index contributed by atoms with van der Waals surface area (Å²) in [5, 5.41) is 9.30. The summed E-state index contributed by atoms with van der Waals surface area (Å²) in [7, 11) is 2.87. The SMILES string of the molecule is CO[C@@H]1[C@H](Cl)C(=O)c2c(O)ccc3c2[C@@]12Oc1cccc4c1[C@](O3)(O2)[C@H](OC)CC4=O. The molecule has 0 saturated carbocycles. The minimum Gasteiger partial charge on any atom is -0.507 e. The number of methoxy groups -OCH3 is 2. The van der Waals surface area contributed by atoms with Crippen LogP contribution in [0.4, 0.5) is 0 Å². The molecule has 1 N–H and O–H groups in total. The zero-order valence-corrected chi connectivity index (χ0v) is 17.3. The number of carbonyl (C=O) groups is 2. The van der Waals surface area contributed by atoms with Crippen molar-refractivity contribution < 1.29 is 38.4 Å². The number of hydrogen-bond acceptors (Lipinski definition) is 8. The number of hydrogen-bond donors (Lipinski definition) is 1. The van der Waals surface area contributed by atoms with Crippen molar-refractivity contribution in [2.75, 3.05) is 14.2 Å². The molecule has 2 bridgehead atoms. The highest BCUT2D eigenvalue weighted by Crippen LogP contribution is 2.62. The molecule has 31 heavy (non-hydrogen) atoms. The summed E-state index contributed by atoms with van der Waals surface area (Å²) >= 11 is 6.51. The van der Waals surface area contributed by atoms with Crippen molar-refractivity contribution in [1.29, 1.82) is 0 Å². The Morgan fingerprint density at radius 3 is 2.52 bits per heavy atom. The lowest BCUT2D eigenvalue weighted by Crippen LogP contribution is -2.69. The van der Waals surface area contributed by atoms with Gasteiger partial charge in [-0.1, -0.05) is 12.1 Å². The van der Waals surface area contributed by atoms with E-state index in [9.17, 15) is 14.7 Å². The molecule has 0 amide bonds. The Labute approximate surface area is 181 Å². The third kappa shape index (κ3) is 2.06. The molecule has 2 aromatic carbocycles. The lowest BCUT2D eigenvalue weighted by Gasteiger charge is -2.58. The zero-order chi connectivity index (χ0) is 21.7. The first kappa shape index (κ1) is 19.1. The minimum absolute atomic E-state index is 0.0180. The molecule has 2 aromatic rings. The van der Waals surface area contributed by atoms with Crippen LogP contribution in [0.3, 0.4) is 0 Å². The van der Waals surface area contributed by atoms with Crippen molar-refractivity contribution in [3.8, 4) is 17.2 Å². The largest absolute Gasteiger partial charge is 0.507 e. The van der Waals surface area contributed by atoms with E-state index in [1.54, 1.807) is 18.2 Å². The maximum absolute atomic E-state index is 13.0. The maximum Gasteiger partial charge on any atom is 0.273 e. The number of ketones is 2. The molecule has 6 rings (SSSR count). The molecule has 0 radical (unpaired) electrons. The molecule has 0 aromatic heterocycles. The Morgan fingerprint density at radius 2 is 1.77 bits per heavy atom. The quantitative estimate of drug-likeness (QED) is 0.705. The molecule has 9 heteroatoms. The van der Waals surface area contributed by atoms with E-state index >= 15 is 0 Å². The number of rotatable bonds is 2. The molecular weight excluding hydrogens is 428 g/mol. The number of benzene rings is 2. The smallest absolute Gasteiger partial charge is 0.273 e. The number of phenols is 1. The van der Waals surface area contributed by atoms with Gasteiger partial charge in [0, 0.05) is 26.2 Å². The van der Waals surface area contributed by atoms with Crippen LogP contribution in [0.15, 0.2) is 30.3 Å². The number of aromatic hydroxyl groups is 1. The van der Waals surface area contributed by atoms with Crippen molar-refractivity contribution in [1.82, 2.24) is 0 Å². The molecule has 160 valence electrons. The monoisotopic (exact) mass is 444 g/mol. The van der Waals surface area contributed by atoms with Crippen LogP contribution >= 0.6 is 11.6 Å². The normalized spacial score (nSPS) is 34.4. The molecule has 0 unspecified atom stereocenters. The van der Waals surface area contributed by atoms with E-state index in [0.29, 0.717) is 16.9 Å². The number of halogens is 1. The Bertz CT molecular complexity index is 1180. The molecule has 5 atom stereocenters. The minimum atomic E-state index is -1.71. The maximum atomic E-state index is 13.0. The van der Waals surface area contributed by atoms with Gasteiger partial charge < -0.3 is 24.1 Å². The number of Topliss-reactive ketones (excluding diaryl/α,β-unsaturated/α-hetero) is 2. The van der Waals surface area contributed by atoms with Gasteiger partial charge in [-0.25, -0.2) is 0 Å². The van der Waals surface area contributed by atoms with Gasteiger partial charge in [-0.2, -0.15) is 0 Å². The van der Waals surface area contributed by atoms with Gasteiger partial charge in [0.05, 0.1) is 16.7 Å². The van der Waals surface area contributed by atoms with Gasteiger partial charge >= 0.3 is 0 Å². The second-order valence-electron chi connectivity index (χ2n) is 7.93. The van der Waals surface area contributed by atoms with E-state index in [-0.39, 0.29) is 34.8 Å². The van der Waals surface area contributed by atoms with Crippen LogP contribution in [-0.4, -0.2) is 48.5 Å². The molecule has 0 saturated heterocycles. The first-order valence-electron chi connectivity index (χ1n) is 9.73. The molecule has 2 spiro atoms. The third-order valence-electron chi connectivity index (χ3n) is 6.47. The van der Waals surface area contributed by atoms with Crippen molar-refractivity contribution in [2.45, 2.75) is 35.6 Å². The summed E-state index contributed by atoms with van der Waals surface area (Å²) in [6, 6.07) is 7.96. The zero-order valence-electron chi connectivity index (χ0n) is 16.5. The molecule has 0 fully saturated rings. The van der Waals surface area contributed by atoms with Crippen LogP contribution in [-0.2, 0) is 25.8 Å². The van der Waals surface area contributed by atoms with Gasteiger partial charge in [0.25, 0.3) is 11.6 Å². The average molecular weight is 445 g/mol. The molecule has 8 nitrogen and oxygen atoms in total. The second kappa shape index (κ2) is 5.98. The van der Waals surface area contributed by atoms with Gasteiger partial charge in [0.15, 0.2) is 17.7 Å². The van der Waals surface area contributed by atoms with Crippen molar-refractivity contribution in [3.63, 3.8) is 0 Å². The van der Waals surface area contributed by atoms with Crippen molar-refractivity contribution >= 4 is 23.2 Å². The summed E-state index contributed by atoms with van der Waals surface area (Å²) < 4.78 is 30.6. The van der Waals surface area contributed by atoms with E-state index in [0.717, 1.165) is 0 Å². The van der Waals surface area contributed by atoms with Gasteiger partial charge in [-0.15, -0.1) is 11.6 Å². The predicted molar refractivity (Wildman–Crippen MR) is 105 cm³/mol. The Kier molecular flexibility index (Phi) is 3.68. The molecule has 2 aliphatic carbocycles. The van der Waals surface area contributed by atoms with Crippen LogP contribution < -0.4 is 9.47 Å². The van der Waals surface area contributed by atoms with Crippen LogP contribution in [0.1, 0.15) is 38.3 Å². The number of phenolic OH excluding ortho intramolecular Hbond substituents is 1. The number of carbonyl (C=O) groups excluding carboxylic acids is 2. The first-order valence-corrected chi connectivity index (χ1v) is 10.2. The topological polar surface area (TPSA) is 101 Å². The Hall–Kier alpha value is -2.65. The average Bonchev–Trinajstić information content (AvgIpc) is 2.75. The highest BCUT2D eigenvalue weighted by atomic mass is 35.5. The van der Waals surface area contributed by atoms with Crippen LogP contribution in [0.25, 0.3) is 0 Å². The molecule has 2 aliphatic heterocycles. The van der Waals surface area contributed by atoms with Crippen molar-refractivity contribution in [2.24, 2.45) is 0 Å². The fourth-order valence-electron chi connectivity index (χ4n) is 5.20. The Morgan fingerprint density at radius 1 is 1.03 bits per heavy atom. The lowest BCUT2D eigenvalue weighted by atomic mass is 9.76. The molecule has 4 aliphatic rings. The highest BCUT2D eigenvalue weighted by molar-refractivity contribution is 6.35. The van der Waals surface area contributed by atoms with E-state index in [2.05, 4.69) is 0 Å². The summed E-state index contributed by atoms with van der Waals surface area (Å²) in [6.07, 6.45) is -1.85. The van der Waals surface area contributed by atoms with Crippen LogP contribution in [0, 0.1) is 0 Å². The second-order valence-corrected chi connectivity index (χ2v) is 8.40. The number of ether oxygens (including phenoxy) is 5. The Balaban J connectivity index is 1.74. The number of alkyl halides is 1. The first-order chi connectivity index (χ1) is 14.9. The van der Waals surface area contributed by atoms with Gasteiger partial charge in [-0.05, 0) is 18.2 Å². The van der Waals surface area contributed by atoms with Gasteiger partial charge in [0.1, 0.15) is 28.7 Å². The van der Waals surface area contributed by atoms with Gasteiger partial charge in [0.2, 0.25) is 0 Å². The van der Waals surface area contributed by atoms with E-state index < -0.39 is 34.9 Å². The van der Waals surface area contributed by atoms with E-state index in [4.69, 9.17) is 35.3 Å². The standard InChI is InChI=1S/C22H17ClO8/c1-27-14-8-11(25)9-4-3-5-12-16(9)21(14)29-13-7-6-10(24)15-17(13)22(30-12,31-21)20(28-2)18(23)19(15)26/h3-7,14,18,20,24H,8H2,1-2H3/t14-,18-,20-,21-,22+/m1/s1. The molecule has 2 heterocycles. The summed E-state index contributed by atoms with van der Waals surface area (Å²) in [6.45, 7) is 0.